The Labute approximate surface area is 134 Å². The van der Waals surface area contributed by atoms with Gasteiger partial charge in [0.1, 0.15) is 5.82 Å². The first kappa shape index (κ1) is 15.6. The highest BCUT2D eigenvalue weighted by molar-refractivity contribution is 9.10. The van der Waals surface area contributed by atoms with Crippen LogP contribution in [0.4, 0.5) is 10.1 Å². The summed E-state index contributed by atoms with van der Waals surface area (Å²) in [7, 11) is 0. The molecule has 2 aromatic carbocycles. The van der Waals surface area contributed by atoms with Crippen LogP contribution in [0, 0.1) is 5.82 Å². The molecule has 2 aromatic rings. The number of nitrogens with one attached hydrogen (secondary N) is 1. The Morgan fingerprint density at radius 2 is 2.14 bits per heavy atom. The van der Waals surface area contributed by atoms with Crippen molar-refractivity contribution in [1.29, 1.82) is 0 Å². The molecule has 0 amide bonds. The van der Waals surface area contributed by atoms with E-state index in [4.69, 9.17) is 22.5 Å². The first-order valence-corrected chi connectivity index (χ1v) is 7.14. The van der Waals surface area contributed by atoms with Gasteiger partial charge < -0.3 is 16.3 Å². The van der Waals surface area contributed by atoms with E-state index in [1.165, 1.54) is 6.07 Å². The topological polar surface area (TPSA) is 70.6 Å². The number of rotatable bonds is 4. The summed E-state index contributed by atoms with van der Waals surface area (Å²) in [5.74, 6) is -0.787. The van der Waals surface area contributed by atoms with Gasteiger partial charge in [-0.3, -0.25) is 0 Å². The second kappa shape index (κ2) is 6.78. The van der Waals surface area contributed by atoms with Gasteiger partial charge in [0.05, 0.1) is 10.6 Å². The minimum absolute atomic E-state index is 0.0608. The van der Waals surface area contributed by atoms with E-state index in [0.29, 0.717) is 10.6 Å². The molecule has 7 heteroatoms. The van der Waals surface area contributed by atoms with Crippen molar-refractivity contribution < 1.29 is 9.60 Å². The van der Waals surface area contributed by atoms with Crippen LogP contribution in [-0.4, -0.2) is 11.0 Å². The fourth-order valence-electron chi connectivity index (χ4n) is 1.77. The van der Waals surface area contributed by atoms with Gasteiger partial charge in [-0.2, -0.15) is 0 Å². The molecular formula is C14H12BrClFN3O. The Morgan fingerprint density at radius 1 is 1.38 bits per heavy atom. The van der Waals surface area contributed by atoms with E-state index in [1.807, 2.05) is 6.07 Å². The zero-order valence-corrected chi connectivity index (χ0v) is 13.1. The normalized spacial score (nSPS) is 11.5. The third kappa shape index (κ3) is 3.65. The van der Waals surface area contributed by atoms with E-state index in [-0.39, 0.29) is 17.9 Å². The third-order valence-electron chi connectivity index (χ3n) is 2.86. The van der Waals surface area contributed by atoms with Gasteiger partial charge in [0.15, 0.2) is 5.84 Å². The first-order chi connectivity index (χ1) is 10.0. The van der Waals surface area contributed by atoms with Gasteiger partial charge in [0.25, 0.3) is 0 Å². The molecule has 0 heterocycles. The SMILES string of the molecule is N/C(=N/O)c1cccc(CNc2ccc(Br)c(Cl)c2)c1F. The summed E-state index contributed by atoms with van der Waals surface area (Å²) >= 11 is 9.29. The van der Waals surface area contributed by atoms with Crippen LogP contribution in [0.5, 0.6) is 0 Å². The number of benzene rings is 2. The maximum Gasteiger partial charge on any atom is 0.173 e. The Morgan fingerprint density at radius 3 is 2.81 bits per heavy atom. The van der Waals surface area contributed by atoms with Gasteiger partial charge in [-0.05, 0) is 40.2 Å². The van der Waals surface area contributed by atoms with Crippen LogP contribution in [0.15, 0.2) is 46.0 Å². The van der Waals surface area contributed by atoms with Crippen LogP contribution < -0.4 is 11.1 Å². The number of hydrogen-bond donors (Lipinski definition) is 3. The van der Waals surface area contributed by atoms with E-state index >= 15 is 0 Å². The van der Waals surface area contributed by atoms with E-state index in [0.717, 1.165) is 10.2 Å². The predicted octanol–water partition coefficient (Wildman–Crippen LogP) is 3.95. The largest absolute Gasteiger partial charge is 0.409 e. The molecule has 21 heavy (non-hydrogen) atoms. The Balaban J connectivity index is 2.18. The summed E-state index contributed by atoms with van der Waals surface area (Å²) < 4.78 is 15.0. The summed E-state index contributed by atoms with van der Waals surface area (Å²) in [5.41, 5.74) is 6.65. The van der Waals surface area contributed by atoms with E-state index in [9.17, 15) is 4.39 Å². The monoisotopic (exact) mass is 371 g/mol. The second-order valence-electron chi connectivity index (χ2n) is 4.25. The molecular weight excluding hydrogens is 361 g/mol. The number of oxime groups is 1. The zero-order valence-electron chi connectivity index (χ0n) is 10.8. The number of nitrogens with two attached hydrogens (primary N) is 1. The lowest BCUT2D eigenvalue weighted by molar-refractivity contribution is 0.318. The standard InChI is InChI=1S/C14H12BrClFN3O/c15-11-5-4-9(6-12(11)16)19-7-8-2-1-3-10(13(8)17)14(18)20-21/h1-6,19,21H,7H2,(H2,18,20). The number of halogens is 3. The van der Waals surface area contributed by atoms with Crippen molar-refractivity contribution in [2.24, 2.45) is 10.9 Å². The molecule has 0 saturated carbocycles. The fraction of sp³-hybridized carbons (Fsp3) is 0.0714. The fourth-order valence-corrected chi connectivity index (χ4v) is 2.20. The average molecular weight is 373 g/mol. The maximum absolute atomic E-state index is 14.2. The van der Waals surface area contributed by atoms with Gasteiger partial charge in [-0.25, -0.2) is 4.39 Å². The minimum atomic E-state index is -0.525. The highest BCUT2D eigenvalue weighted by Gasteiger charge is 2.11. The van der Waals surface area contributed by atoms with Crippen molar-refractivity contribution >= 4 is 39.1 Å². The van der Waals surface area contributed by atoms with Crippen molar-refractivity contribution in [3.63, 3.8) is 0 Å². The van der Waals surface area contributed by atoms with Crippen LogP contribution in [-0.2, 0) is 6.54 Å². The number of nitrogens with zero attached hydrogens (tertiary/aromatic N) is 1. The van der Waals surface area contributed by atoms with E-state index in [2.05, 4.69) is 26.4 Å². The average Bonchev–Trinajstić information content (AvgIpc) is 2.49. The summed E-state index contributed by atoms with van der Waals surface area (Å²) in [4.78, 5) is 0. The number of anilines is 1. The van der Waals surface area contributed by atoms with Crippen molar-refractivity contribution in [2.45, 2.75) is 6.54 Å². The van der Waals surface area contributed by atoms with Gasteiger partial charge in [-0.15, -0.1) is 0 Å². The lowest BCUT2D eigenvalue weighted by Gasteiger charge is -2.10. The van der Waals surface area contributed by atoms with Gasteiger partial charge >= 0.3 is 0 Å². The highest BCUT2D eigenvalue weighted by atomic mass is 79.9. The highest BCUT2D eigenvalue weighted by Crippen LogP contribution is 2.26. The molecule has 0 spiro atoms. The Bertz CT molecular complexity index is 694. The zero-order chi connectivity index (χ0) is 15.4. The summed E-state index contributed by atoms with van der Waals surface area (Å²) in [6, 6.07) is 10.1. The van der Waals surface area contributed by atoms with E-state index < -0.39 is 5.82 Å². The molecule has 0 aliphatic rings. The molecule has 0 aliphatic carbocycles. The van der Waals surface area contributed by atoms with Crippen molar-refractivity contribution in [2.75, 3.05) is 5.32 Å². The maximum atomic E-state index is 14.2. The molecule has 0 unspecified atom stereocenters. The predicted molar refractivity (Wildman–Crippen MR) is 85.4 cm³/mol. The van der Waals surface area contributed by atoms with Gasteiger partial charge in [0, 0.05) is 22.3 Å². The van der Waals surface area contributed by atoms with Crippen LogP contribution in [0.2, 0.25) is 5.02 Å². The molecule has 0 saturated heterocycles. The summed E-state index contributed by atoms with van der Waals surface area (Å²) in [6.45, 7) is 0.246. The quantitative estimate of drug-likeness (QED) is 0.329. The number of hydrogen-bond acceptors (Lipinski definition) is 3. The van der Waals surface area contributed by atoms with Crippen molar-refractivity contribution in [3.8, 4) is 0 Å². The third-order valence-corrected chi connectivity index (χ3v) is 4.10. The van der Waals surface area contributed by atoms with Gasteiger partial charge in [0.2, 0.25) is 0 Å². The lowest BCUT2D eigenvalue weighted by atomic mass is 10.1. The van der Waals surface area contributed by atoms with E-state index in [1.54, 1.807) is 24.3 Å². The Hall–Kier alpha value is -1.79. The lowest BCUT2D eigenvalue weighted by Crippen LogP contribution is -2.16. The molecule has 0 bridgehead atoms. The molecule has 0 atom stereocenters. The number of amidine groups is 1. The second-order valence-corrected chi connectivity index (χ2v) is 5.51. The van der Waals surface area contributed by atoms with Crippen molar-refractivity contribution in [3.05, 3.63) is 62.8 Å². The van der Waals surface area contributed by atoms with Crippen LogP contribution in [0.3, 0.4) is 0 Å². The molecule has 0 aromatic heterocycles. The molecule has 110 valence electrons. The molecule has 0 radical (unpaired) electrons. The van der Waals surface area contributed by atoms with Crippen LogP contribution in [0.1, 0.15) is 11.1 Å². The molecule has 2 rings (SSSR count). The van der Waals surface area contributed by atoms with Crippen LogP contribution in [0.25, 0.3) is 0 Å². The Kier molecular flexibility index (Phi) is 5.03. The minimum Gasteiger partial charge on any atom is -0.409 e. The smallest absolute Gasteiger partial charge is 0.173 e. The van der Waals surface area contributed by atoms with Gasteiger partial charge in [-0.1, -0.05) is 28.9 Å². The summed E-state index contributed by atoms with van der Waals surface area (Å²) in [6.07, 6.45) is 0. The van der Waals surface area contributed by atoms with Crippen LogP contribution >= 0.6 is 27.5 Å². The first-order valence-electron chi connectivity index (χ1n) is 5.97. The van der Waals surface area contributed by atoms with Crippen molar-refractivity contribution in [1.82, 2.24) is 0 Å². The molecule has 4 N–H and O–H groups in total. The molecule has 0 fully saturated rings. The summed E-state index contributed by atoms with van der Waals surface area (Å²) in [5, 5.41) is 15.1. The molecule has 4 nitrogen and oxygen atoms in total. The molecule has 0 aliphatic heterocycles.